The number of piperazine rings is 1. The van der Waals surface area contributed by atoms with E-state index in [9.17, 15) is 0 Å². The van der Waals surface area contributed by atoms with Crippen molar-refractivity contribution < 1.29 is 9.84 Å². The van der Waals surface area contributed by atoms with Crippen molar-refractivity contribution in [3.63, 3.8) is 0 Å². The van der Waals surface area contributed by atoms with Crippen molar-refractivity contribution in [2.45, 2.75) is 40.0 Å². The summed E-state index contributed by atoms with van der Waals surface area (Å²) in [5.74, 6) is 0.820. The Bertz CT molecular complexity index is 295. The number of nitrogens with zero attached hydrogens (tertiary/aromatic N) is 2. The average molecular weight is 312 g/mol. The molecule has 4 heteroatoms. The molecule has 1 aliphatic heterocycles. The van der Waals surface area contributed by atoms with Crippen molar-refractivity contribution >= 4 is 0 Å². The molecule has 0 amide bonds. The molecule has 0 spiro atoms. The van der Waals surface area contributed by atoms with Gasteiger partial charge < -0.3 is 14.7 Å². The van der Waals surface area contributed by atoms with E-state index in [1.165, 1.54) is 44.5 Å². The van der Waals surface area contributed by atoms with Crippen molar-refractivity contribution in [1.29, 1.82) is 0 Å². The molecule has 1 rings (SSSR count). The third-order valence-electron chi connectivity index (χ3n) is 4.40. The molecule has 1 N–H and O–H groups in total. The first kappa shape index (κ1) is 19.6. The fraction of sp³-hybridized carbons (Fsp3) is 0.889. The van der Waals surface area contributed by atoms with Crippen molar-refractivity contribution in [3.05, 3.63) is 11.6 Å². The molecule has 0 radical (unpaired) electrons. The van der Waals surface area contributed by atoms with Crippen LogP contribution in [0, 0.1) is 5.92 Å². The highest BCUT2D eigenvalue weighted by Crippen LogP contribution is 2.13. The minimum Gasteiger partial charge on any atom is -0.394 e. The molecule has 0 aromatic heterocycles. The quantitative estimate of drug-likeness (QED) is 0.469. The molecular formula is C18H36N2O2. The second-order valence-corrected chi connectivity index (χ2v) is 6.77. The van der Waals surface area contributed by atoms with Gasteiger partial charge in [0.05, 0.1) is 19.8 Å². The highest BCUT2D eigenvalue weighted by Gasteiger charge is 2.16. The third kappa shape index (κ3) is 9.57. The molecule has 1 aliphatic rings. The molecule has 130 valence electrons. The van der Waals surface area contributed by atoms with Gasteiger partial charge in [-0.3, -0.25) is 4.90 Å². The molecule has 4 nitrogen and oxygen atoms in total. The second-order valence-electron chi connectivity index (χ2n) is 6.77. The number of hydrogen-bond acceptors (Lipinski definition) is 4. The van der Waals surface area contributed by atoms with E-state index in [0.717, 1.165) is 32.2 Å². The largest absolute Gasteiger partial charge is 0.394 e. The lowest BCUT2D eigenvalue weighted by atomic mass is 10.0. The van der Waals surface area contributed by atoms with Crippen LogP contribution in [0.15, 0.2) is 11.6 Å². The molecule has 1 atom stereocenters. The zero-order valence-electron chi connectivity index (χ0n) is 14.9. The lowest BCUT2D eigenvalue weighted by Gasteiger charge is -2.35. The Hall–Kier alpha value is -0.420. The fourth-order valence-electron chi connectivity index (χ4n) is 2.80. The topological polar surface area (TPSA) is 35.9 Å². The summed E-state index contributed by atoms with van der Waals surface area (Å²) in [6.45, 7) is 15.0. The van der Waals surface area contributed by atoms with Crippen LogP contribution in [-0.2, 0) is 4.74 Å². The summed E-state index contributed by atoms with van der Waals surface area (Å²) >= 11 is 0. The van der Waals surface area contributed by atoms with E-state index in [1.807, 2.05) is 0 Å². The van der Waals surface area contributed by atoms with Crippen molar-refractivity contribution in [2.75, 3.05) is 59.1 Å². The predicted molar refractivity (Wildman–Crippen MR) is 93.2 cm³/mol. The molecule has 0 bridgehead atoms. The van der Waals surface area contributed by atoms with E-state index >= 15 is 0 Å². The highest BCUT2D eigenvalue weighted by atomic mass is 16.5. The molecular weight excluding hydrogens is 276 g/mol. The van der Waals surface area contributed by atoms with Crippen molar-refractivity contribution in [2.24, 2.45) is 5.92 Å². The number of rotatable bonds is 11. The minimum absolute atomic E-state index is 0.125. The van der Waals surface area contributed by atoms with Crippen LogP contribution in [0.25, 0.3) is 0 Å². The van der Waals surface area contributed by atoms with Crippen LogP contribution in [0.4, 0.5) is 0 Å². The van der Waals surface area contributed by atoms with Gasteiger partial charge in [-0.15, -0.1) is 0 Å². The van der Waals surface area contributed by atoms with E-state index in [0.29, 0.717) is 6.61 Å². The summed E-state index contributed by atoms with van der Waals surface area (Å²) in [5, 5.41) is 8.67. The van der Waals surface area contributed by atoms with Gasteiger partial charge in [0.1, 0.15) is 0 Å². The first-order chi connectivity index (χ1) is 10.6. The van der Waals surface area contributed by atoms with E-state index in [2.05, 4.69) is 36.6 Å². The van der Waals surface area contributed by atoms with Gasteiger partial charge in [0, 0.05) is 32.7 Å². The number of allylic oxidation sites excluding steroid dienone is 2. The number of aliphatic hydroxyl groups excluding tert-OH is 1. The molecule has 22 heavy (non-hydrogen) atoms. The van der Waals surface area contributed by atoms with Crippen LogP contribution in [0.5, 0.6) is 0 Å². The molecule has 0 saturated carbocycles. The van der Waals surface area contributed by atoms with Crippen LogP contribution in [0.1, 0.15) is 40.0 Å². The summed E-state index contributed by atoms with van der Waals surface area (Å²) in [7, 11) is 0. The fourth-order valence-corrected chi connectivity index (χ4v) is 2.80. The first-order valence-corrected chi connectivity index (χ1v) is 8.88. The summed E-state index contributed by atoms with van der Waals surface area (Å²) in [5.41, 5.74) is 1.44. The van der Waals surface area contributed by atoms with Crippen molar-refractivity contribution in [3.8, 4) is 0 Å². The number of ether oxygens (including phenoxy) is 1. The van der Waals surface area contributed by atoms with E-state index < -0.39 is 0 Å². The lowest BCUT2D eigenvalue weighted by molar-refractivity contribution is 0.0567. The lowest BCUT2D eigenvalue weighted by Crippen LogP contribution is -2.47. The maximum Gasteiger partial charge on any atom is 0.0698 e. The minimum atomic E-state index is 0.125. The normalized spacial score (nSPS) is 18.4. The zero-order valence-corrected chi connectivity index (χ0v) is 14.9. The smallest absolute Gasteiger partial charge is 0.0698 e. The summed E-state index contributed by atoms with van der Waals surface area (Å²) < 4.78 is 5.34. The Balaban J connectivity index is 2.04. The Morgan fingerprint density at radius 2 is 1.68 bits per heavy atom. The number of aliphatic hydroxyl groups is 1. The summed E-state index contributed by atoms with van der Waals surface area (Å²) in [6.07, 6.45) is 6.21. The Morgan fingerprint density at radius 1 is 1.05 bits per heavy atom. The average Bonchev–Trinajstić information content (AvgIpc) is 2.50. The molecule has 0 aromatic carbocycles. The van der Waals surface area contributed by atoms with Crippen LogP contribution in [0.3, 0.4) is 0 Å². The van der Waals surface area contributed by atoms with Gasteiger partial charge in [-0.2, -0.15) is 0 Å². The zero-order chi connectivity index (χ0) is 16.2. The van der Waals surface area contributed by atoms with Gasteiger partial charge in [0.2, 0.25) is 0 Å². The van der Waals surface area contributed by atoms with E-state index in [4.69, 9.17) is 9.84 Å². The summed E-state index contributed by atoms with van der Waals surface area (Å²) in [4.78, 5) is 5.06. The first-order valence-electron chi connectivity index (χ1n) is 8.88. The van der Waals surface area contributed by atoms with Crippen molar-refractivity contribution in [1.82, 2.24) is 9.80 Å². The van der Waals surface area contributed by atoms with Gasteiger partial charge >= 0.3 is 0 Å². The van der Waals surface area contributed by atoms with Gasteiger partial charge in [0.15, 0.2) is 0 Å². The van der Waals surface area contributed by atoms with Crippen LogP contribution < -0.4 is 0 Å². The van der Waals surface area contributed by atoms with Crippen LogP contribution >= 0.6 is 0 Å². The second kappa shape index (κ2) is 12.1. The van der Waals surface area contributed by atoms with Gasteiger partial charge in [0.25, 0.3) is 0 Å². The molecule has 1 heterocycles. The highest BCUT2D eigenvalue weighted by molar-refractivity contribution is 4.92. The molecule has 1 saturated heterocycles. The third-order valence-corrected chi connectivity index (χ3v) is 4.40. The van der Waals surface area contributed by atoms with E-state index in [1.54, 1.807) is 0 Å². The Labute approximate surface area is 137 Å². The van der Waals surface area contributed by atoms with E-state index in [-0.39, 0.29) is 6.61 Å². The monoisotopic (exact) mass is 312 g/mol. The SMILES string of the molecule is CC(C)=CCC[C@H](C)CCN1CCN(CCOCCO)CC1. The molecule has 0 aromatic rings. The predicted octanol–water partition coefficient (Wildman–Crippen LogP) is 2.39. The molecule has 0 aliphatic carbocycles. The number of hydrogen-bond donors (Lipinski definition) is 1. The Morgan fingerprint density at radius 3 is 2.27 bits per heavy atom. The molecule has 0 unspecified atom stereocenters. The Kier molecular flexibility index (Phi) is 10.8. The summed E-state index contributed by atoms with van der Waals surface area (Å²) in [6, 6.07) is 0. The van der Waals surface area contributed by atoms with Crippen LogP contribution in [0.2, 0.25) is 0 Å². The van der Waals surface area contributed by atoms with Crippen LogP contribution in [-0.4, -0.2) is 74.0 Å². The standard InChI is InChI=1S/C18H36N2O2/c1-17(2)5-4-6-18(3)7-8-19-9-11-20(12-10-19)13-15-22-16-14-21/h5,18,21H,4,6-16H2,1-3H3/t18-/m0/s1. The molecule has 1 fully saturated rings. The van der Waals surface area contributed by atoms with Gasteiger partial charge in [-0.1, -0.05) is 18.6 Å². The van der Waals surface area contributed by atoms with Gasteiger partial charge in [-0.25, -0.2) is 0 Å². The maximum atomic E-state index is 8.67. The maximum absolute atomic E-state index is 8.67. The van der Waals surface area contributed by atoms with Gasteiger partial charge in [-0.05, 0) is 45.6 Å².